The van der Waals surface area contributed by atoms with Crippen molar-refractivity contribution in [3.63, 3.8) is 0 Å². The highest BCUT2D eigenvalue weighted by molar-refractivity contribution is 7.89. The van der Waals surface area contributed by atoms with Gasteiger partial charge in [-0.1, -0.05) is 6.07 Å². The van der Waals surface area contributed by atoms with E-state index in [0.717, 1.165) is 4.31 Å². The van der Waals surface area contributed by atoms with Gasteiger partial charge in [0.15, 0.2) is 17.3 Å². The fourth-order valence-corrected chi connectivity index (χ4v) is 2.48. The van der Waals surface area contributed by atoms with Gasteiger partial charge >= 0.3 is 5.97 Å². The van der Waals surface area contributed by atoms with Crippen LogP contribution in [0.15, 0.2) is 18.2 Å². The topological polar surface area (TPSA) is 93.1 Å². The fourth-order valence-electron chi connectivity index (χ4n) is 1.60. The van der Waals surface area contributed by atoms with E-state index in [-0.39, 0.29) is 6.54 Å². The lowest BCUT2D eigenvalue weighted by molar-refractivity contribution is -0.134. The first-order valence-electron chi connectivity index (χ1n) is 5.67. The van der Waals surface area contributed by atoms with Crippen molar-refractivity contribution in [2.24, 2.45) is 0 Å². The van der Waals surface area contributed by atoms with Gasteiger partial charge in [-0.05, 0) is 17.7 Å². The lowest BCUT2D eigenvalue weighted by atomic mass is 10.2. The smallest absolute Gasteiger partial charge is 0.320 e. The standard InChI is InChI=1S/C12H17NO6S/c1-13(20(16,17)8-12(14)15)7-9-4-5-10(18-2)11(6-9)19-3/h4-6H,7-8H2,1-3H3,(H,14,15). The molecule has 1 aromatic carbocycles. The number of carboxylic acids is 1. The van der Waals surface area contributed by atoms with E-state index in [1.54, 1.807) is 18.2 Å². The minimum absolute atomic E-state index is 0.0516. The van der Waals surface area contributed by atoms with Gasteiger partial charge in [-0.3, -0.25) is 4.79 Å². The molecule has 112 valence electrons. The summed E-state index contributed by atoms with van der Waals surface area (Å²) in [7, 11) is 0.477. The zero-order valence-corrected chi connectivity index (χ0v) is 12.3. The molecule has 0 aromatic heterocycles. The van der Waals surface area contributed by atoms with Gasteiger partial charge in [-0.25, -0.2) is 12.7 Å². The Hall–Kier alpha value is -1.80. The predicted octanol–water partition coefficient (Wildman–Crippen LogP) is 0.550. The number of sulfonamides is 1. The van der Waals surface area contributed by atoms with Gasteiger partial charge in [0.25, 0.3) is 0 Å². The summed E-state index contributed by atoms with van der Waals surface area (Å²) in [6.45, 7) is 0.0516. The summed E-state index contributed by atoms with van der Waals surface area (Å²) in [5.41, 5.74) is 0.666. The van der Waals surface area contributed by atoms with Crippen LogP contribution < -0.4 is 9.47 Å². The number of ether oxygens (including phenoxy) is 2. The van der Waals surface area contributed by atoms with Crippen molar-refractivity contribution >= 4 is 16.0 Å². The van der Waals surface area contributed by atoms with Crippen molar-refractivity contribution in [1.82, 2.24) is 4.31 Å². The molecule has 0 heterocycles. The summed E-state index contributed by atoms with van der Waals surface area (Å²) < 4.78 is 34.6. The van der Waals surface area contributed by atoms with Crippen LogP contribution in [0.5, 0.6) is 11.5 Å². The number of methoxy groups -OCH3 is 2. The van der Waals surface area contributed by atoms with Crippen LogP contribution in [0.25, 0.3) is 0 Å². The first-order chi connectivity index (χ1) is 9.30. The van der Waals surface area contributed by atoms with Gasteiger partial charge in [0.05, 0.1) is 14.2 Å². The molecular weight excluding hydrogens is 286 g/mol. The molecule has 0 aliphatic carbocycles. The van der Waals surface area contributed by atoms with E-state index in [0.29, 0.717) is 17.1 Å². The zero-order chi connectivity index (χ0) is 15.3. The van der Waals surface area contributed by atoms with Gasteiger partial charge in [0.1, 0.15) is 0 Å². The van der Waals surface area contributed by atoms with Crippen molar-refractivity contribution in [3.05, 3.63) is 23.8 Å². The second-order valence-electron chi connectivity index (χ2n) is 4.10. The molecule has 1 N–H and O–H groups in total. The monoisotopic (exact) mass is 303 g/mol. The van der Waals surface area contributed by atoms with E-state index in [1.165, 1.54) is 21.3 Å². The van der Waals surface area contributed by atoms with Crippen LogP contribution >= 0.6 is 0 Å². The molecule has 7 nitrogen and oxygen atoms in total. The summed E-state index contributed by atoms with van der Waals surface area (Å²) >= 11 is 0. The molecule has 0 unspecified atom stereocenters. The Morgan fingerprint density at radius 3 is 2.35 bits per heavy atom. The van der Waals surface area contributed by atoms with Gasteiger partial charge in [0, 0.05) is 13.6 Å². The highest BCUT2D eigenvalue weighted by Gasteiger charge is 2.22. The van der Waals surface area contributed by atoms with Gasteiger partial charge < -0.3 is 14.6 Å². The molecule has 0 aliphatic rings. The van der Waals surface area contributed by atoms with Crippen LogP contribution in [-0.2, 0) is 21.4 Å². The third kappa shape index (κ3) is 4.10. The molecule has 0 amide bonds. The quantitative estimate of drug-likeness (QED) is 0.790. The second-order valence-corrected chi connectivity index (χ2v) is 6.17. The van der Waals surface area contributed by atoms with Crippen molar-refractivity contribution in [2.45, 2.75) is 6.54 Å². The maximum atomic E-state index is 11.7. The second kappa shape index (κ2) is 6.58. The molecule has 1 aromatic rings. The number of hydrogen-bond donors (Lipinski definition) is 1. The molecular formula is C12H17NO6S. The molecule has 0 spiro atoms. The van der Waals surface area contributed by atoms with E-state index >= 15 is 0 Å². The average molecular weight is 303 g/mol. The minimum atomic E-state index is -3.83. The van der Waals surface area contributed by atoms with Crippen molar-refractivity contribution in [1.29, 1.82) is 0 Å². The van der Waals surface area contributed by atoms with Crippen LogP contribution in [0, 0.1) is 0 Å². The largest absolute Gasteiger partial charge is 0.493 e. The Morgan fingerprint density at radius 2 is 1.85 bits per heavy atom. The lowest BCUT2D eigenvalue weighted by Gasteiger charge is -2.17. The first kappa shape index (κ1) is 16.3. The summed E-state index contributed by atoms with van der Waals surface area (Å²) in [5, 5.41) is 8.57. The molecule has 0 atom stereocenters. The van der Waals surface area contributed by atoms with Crippen molar-refractivity contribution in [2.75, 3.05) is 27.0 Å². The SMILES string of the molecule is COc1ccc(CN(C)S(=O)(=O)CC(=O)O)cc1OC. The Bertz CT molecular complexity index is 584. The first-order valence-corrected chi connectivity index (χ1v) is 7.27. The Kier molecular flexibility index (Phi) is 5.34. The van der Waals surface area contributed by atoms with Crippen LogP contribution in [0.2, 0.25) is 0 Å². The van der Waals surface area contributed by atoms with Gasteiger partial charge in [-0.15, -0.1) is 0 Å². The number of benzene rings is 1. The Morgan fingerprint density at radius 1 is 1.25 bits per heavy atom. The molecule has 0 radical (unpaired) electrons. The summed E-state index contributed by atoms with van der Waals surface area (Å²) in [5.74, 6) is -1.30. The number of nitrogens with zero attached hydrogens (tertiary/aromatic N) is 1. The van der Waals surface area contributed by atoms with E-state index in [4.69, 9.17) is 14.6 Å². The van der Waals surface area contributed by atoms with E-state index < -0.39 is 21.7 Å². The average Bonchev–Trinajstić information content (AvgIpc) is 2.37. The minimum Gasteiger partial charge on any atom is -0.493 e. The van der Waals surface area contributed by atoms with E-state index in [9.17, 15) is 13.2 Å². The Balaban J connectivity index is 2.91. The molecule has 0 bridgehead atoms. The maximum Gasteiger partial charge on any atom is 0.320 e. The normalized spacial score (nSPS) is 11.4. The van der Waals surface area contributed by atoms with Gasteiger partial charge in [-0.2, -0.15) is 0 Å². The molecule has 8 heteroatoms. The third-order valence-electron chi connectivity index (χ3n) is 2.63. The molecule has 0 fully saturated rings. The molecule has 0 aliphatic heterocycles. The fraction of sp³-hybridized carbons (Fsp3) is 0.417. The van der Waals surface area contributed by atoms with E-state index in [1.807, 2.05) is 0 Å². The van der Waals surface area contributed by atoms with Crippen LogP contribution in [0.1, 0.15) is 5.56 Å². The molecule has 0 saturated heterocycles. The maximum absolute atomic E-state index is 11.7. The highest BCUT2D eigenvalue weighted by Crippen LogP contribution is 2.28. The molecule has 0 saturated carbocycles. The summed E-state index contributed by atoms with van der Waals surface area (Å²) in [6.07, 6.45) is 0. The van der Waals surface area contributed by atoms with Crippen molar-refractivity contribution < 1.29 is 27.8 Å². The highest BCUT2D eigenvalue weighted by atomic mass is 32.2. The molecule has 20 heavy (non-hydrogen) atoms. The molecule has 1 rings (SSSR count). The number of carbonyl (C=O) groups is 1. The predicted molar refractivity (Wildman–Crippen MR) is 72.4 cm³/mol. The summed E-state index contributed by atoms with van der Waals surface area (Å²) in [4.78, 5) is 10.5. The number of hydrogen-bond acceptors (Lipinski definition) is 5. The Labute approximate surface area is 117 Å². The summed E-state index contributed by atoms with van der Waals surface area (Å²) in [6, 6.07) is 4.99. The van der Waals surface area contributed by atoms with Crippen LogP contribution in [0.4, 0.5) is 0 Å². The number of rotatable bonds is 7. The van der Waals surface area contributed by atoms with Crippen LogP contribution in [0.3, 0.4) is 0 Å². The lowest BCUT2D eigenvalue weighted by Crippen LogP contribution is -2.31. The zero-order valence-electron chi connectivity index (χ0n) is 11.5. The van der Waals surface area contributed by atoms with Gasteiger partial charge in [0.2, 0.25) is 10.0 Å². The third-order valence-corrected chi connectivity index (χ3v) is 4.32. The van der Waals surface area contributed by atoms with E-state index in [2.05, 4.69) is 0 Å². The number of carboxylic acid groups (broad SMARTS) is 1. The number of aliphatic carboxylic acids is 1. The van der Waals surface area contributed by atoms with Crippen molar-refractivity contribution in [3.8, 4) is 11.5 Å². The van der Waals surface area contributed by atoms with Crippen LogP contribution in [-0.4, -0.2) is 50.8 Å².